The van der Waals surface area contributed by atoms with Crippen LogP contribution in [0.4, 0.5) is 0 Å². The summed E-state index contributed by atoms with van der Waals surface area (Å²) in [5.74, 6) is 1.04. The maximum absolute atomic E-state index is 12.0. The normalized spacial score (nSPS) is 11.1. The number of carbonyl (C=O) groups is 1. The van der Waals surface area contributed by atoms with E-state index in [9.17, 15) is 4.79 Å². The molecule has 0 aliphatic heterocycles. The molecule has 8 nitrogen and oxygen atoms in total. The topological polar surface area (TPSA) is 98.2 Å². The first kappa shape index (κ1) is 19.8. The van der Waals surface area contributed by atoms with Gasteiger partial charge in [-0.1, -0.05) is 53.5 Å². The van der Waals surface area contributed by atoms with E-state index in [0.717, 1.165) is 5.56 Å². The highest BCUT2D eigenvalue weighted by atomic mass is 35.5. The zero-order valence-corrected chi connectivity index (χ0v) is 16.9. The van der Waals surface area contributed by atoms with Crippen molar-refractivity contribution in [3.63, 3.8) is 0 Å². The molecular formula is C20H14Cl2N6O2. The summed E-state index contributed by atoms with van der Waals surface area (Å²) in [6.07, 6.45) is 1.38. The number of aromatic nitrogens is 4. The van der Waals surface area contributed by atoms with Crippen molar-refractivity contribution in [2.45, 2.75) is 6.54 Å². The maximum atomic E-state index is 12.0. The van der Waals surface area contributed by atoms with Crippen LogP contribution in [0.25, 0.3) is 22.7 Å². The van der Waals surface area contributed by atoms with Gasteiger partial charge in [0, 0.05) is 16.1 Å². The molecule has 0 atom stereocenters. The number of hydrazone groups is 1. The molecule has 4 aromatic rings. The lowest BCUT2D eigenvalue weighted by molar-refractivity contribution is -0.122. The van der Waals surface area contributed by atoms with Gasteiger partial charge in [0.05, 0.1) is 11.2 Å². The third-order valence-corrected chi connectivity index (χ3v) is 4.52. The molecule has 0 aliphatic rings. The zero-order chi connectivity index (χ0) is 20.9. The van der Waals surface area contributed by atoms with Gasteiger partial charge in [0.25, 0.3) is 5.91 Å². The van der Waals surface area contributed by atoms with Gasteiger partial charge in [-0.3, -0.25) is 4.79 Å². The van der Waals surface area contributed by atoms with E-state index in [1.165, 1.54) is 11.0 Å². The molecule has 0 radical (unpaired) electrons. The molecule has 0 spiro atoms. The van der Waals surface area contributed by atoms with Gasteiger partial charge in [0.15, 0.2) is 0 Å². The average molecular weight is 441 g/mol. The molecule has 2 heterocycles. The smallest absolute Gasteiger partial charge is 0.263 e. The predicted octanol–water partition coefficient (Wildman–Crippen LogP) is 4.06. The number of amides is 1. The number of nitrogens with one attached hydrogen (secondary N) is 1. The summed E-state index contributed by atoms with van der Waals surface area (Å²) in [5.41, 5.74) is 3.92. The third-order valence-electron chi connectivity index (χ3n) is 3.97. The molecule has 0 fully saturated rings. The van der Waals surface area contributed by atoms with Crippen molar-refractivity contribution in [1.82, 2.24) is 25.6 Å². The van der Waals surface area contributed by atoms with Gasteiger partial charge in [-0.05, 0) is 35.5 Å². The number of tetrazole rings is 1. The van der Waals surface area contributed by atoms with Crippen molar-refractivity contribution in [2.75, 3.05) is 0 Å². The Morgan fingerprint density at radius 2 is 1.97 bits per heavy atom. The minimum absolute atomic E-state index is 0.124. The Hall–Kier alpha value is -3.49. The lowest BCUT2D eigenvalue weighted by atomic mass is 10.2. The van der Waals surface area contributed by atoms with Crippen LogP contribution >= 0.6 is 23.2 Å². The summed E-state index contributed by atoms with van der Waals surface area (Å²) < 4.78 is 5.67. The van der Waals surface area contributed by atoms with Crippen LogP contribution in [0.5, 0.6) is 0 Å². The minimum atomic E-state index is -0.407. The van der Waals surface area contributed by atoms with E-state index in [0.29, 0.717) is 33.0 Å². The Bertz CT molecular complexity index is 1200. The number of nitrogens with zero attached hydrogens (tertiary/aromatic N) is 5. The van der Waals surface area contributed by atoms with E-state index in [-0.39, 0.29) is 6.54 Å². The van der Waals surface area contributed by atoms with Crippen LogP contribution in [-0.2, 0) is 11.3 Å². The van der Waals surface area contributed by atoms with Gasteiger partial charge in [0.2, 0.25) is 5.82 Å². The van der Waals surface area contributed by atoms with E-state index in [4.69, 9.17) is 27.6 Å². The molecule has 0 bridgehead atoms. The second-order valence-corrected chi connectivity index (χ2v) is 6.97. The summed E-state index contributed by atoms with van der Waals surface area (Å²) in [6.45, 7) is -0.124. The van der Waals surface area contributed by atoms with E-state index in [1.54, 1.807) is 30.3 Å². The maximum Gasteiger partial charge on any atom is 0.263 e. The van der Waals surface area contributed by atoms with E-state index in [2.05, 4.69) is 25.9 Å². The summed E-state index contributed by atoms with van der Waals surface area (Å²) in [6, 6.07) is 17.9. The van der Waals surface area contributed by atoms with E-state index in [1.807, 2.05) is 30.3 Å². The fourth-order valence-electron chi connectivity index (χ4n) is 2.60. The Kier molecular flexibility index (Phi) is 5.87. The minimum Gasteiger partial charge on any atom is -0.455 e. The molecule has 1 amide bonds. The molecule has 0 saturated heterocycles. The SMILES string of the molecule is O=C(Cn1nnc(-c2ccccc2)n1)NN=Cc1ccc(-c2ccc(Cl)cc2Cl)o1. The number of benzene rings is 2. The van der Waals surface area contributed by atoms with Crippen LogP contribution in [0.1, 0.15) is 5.76 Å². The zero-order valence-electron chi connectivity index (χ0n) is 15.4. The van der Waals surface area contributed by atoms with Gasteiger partial charge in [-0.25, -0.2) is 5.43 Å². The molecular weight excluding hydrogens is 427 g/mol. The Labute approximate surface area is 181 Å². The molecule has 1 N–H and O–H groups in total. The first-order valence-electron chi connectivity index (χ1n) is 8.79. The van der Waals surface area contributed by atoms with Gasteiger partial charge >= 0.3 is 0 Å². The van der Waals surface area contributed by atoms with Crippen LogP contribution in [0.3, 0.4) is 0 Å². The van der Waals surface area contributed by atoms with E-state index < -0.39 is 5.91 Å². The van der Waals surface area contributed by atoms with Crippen molar-refractivity contribution >= 4 is 35.3 Å². The summed E-state index contributed by atoms with van der Waals surface area (Å²) in [7, 11) is 0. The molecule has 0 aliphatic carbocycles. The second-order valence-electron chi connectivity index (χ2n) is 6.13. The Morgan fingerprint density at radius 1 is 1.13 bits per heavy atom. The Morgan fingerprint density at radius 3 is 2.77 bits per heavy atom. The largest absolute Gasteiger partial charge is 0.455 e. The number of carbonyl (C=O) groups excluding carboxylic acids is 1. The summed E-state index contributed by atoms with van der Waals surface area (Å²) in [4.78, 5) is 13.2. The van der Waals surface area contributed by atoms with Gasteiger partial charge < -0.3 is 4.42 Å². The van der Waals surface area contributed by atoms with Crippen molar-refractivity contribution in [3.8, 4) is 22.7 Å². The standard InChI is InChI=1S/C20H14Cl2N6O2/c21-14-6-8-16(17(22)10-14)18-9-7-15(30-18)11-23-24-19(29)12-28-26-20(25-27-28)13-4-2-1-3-5-13/h1-11H,12H2,(H,24,29). The van der Waals surface area contributed by atoms with Gasteiger partial charge in [0.1, 0.15) is 18.1 Å². The lowest BCUT2D eigenvalue weighted by Gasteiger charge is -2.00. The second kappa shape index (κ2) is 8.89. The molecule has 10 heteroatoms. The average Bonchev–Trinajstić information content (AvgIpc) is 3.39. The fraction of sp³-hybridized carbons (Fsp3) is 0.0500. The first-order chi connectivity index (χ1) is 14.6. The molecule has 0 saturated carbocycles. The third kappa shape index (κ3) is 4.73. The summed E-state index contributed by atoms with van der Waals surface area (Å²) in [5, 5.41) is 16.9. The molecule has 150 valence electrons. The van der Waals surface area contributed by atoms with Crippen molar-refractivity contribution < 1.29 is 9.21 Å². The quantitative estimate of drug-likeness (QED) is 0.360. The van der Waals surface area contributed by atoms with Gasteiger partial charge in [-0.2, -0.15) is 9.90 Å². The predicted molar refractivity (Wildman–Crippen MR) is 113 cm³/mol. The number of rotatable bonds is 6. The van der Waals surface area contributed by atoms with Crippen LogP contribution in [0.15, 0.2) is 70.2 Å². The fourth-order valence-corrected chi connectivity index (χ4v) is 3.10. The Balaban J connectivity index is 1.34. The molecule has 30 heavy (non-hydrogen) atoms. The van der Waals surface area contributed by atoms with Gasteiger partial charge in [-0.15, -0.1) is 10.2 Å². The highest BCUT2D eigenvalue weighted by Gasteiger charge is 2.10. The lowest BCUT2D eigenvalue weighted by Crippen LogP contribution is -2.24. The van der Waals surface area contributed by atoms with Crippen LogP contribution in [0.2, 0.25) is 10.0 Å². The van der Waals surface area contributed by atoms with Crippen molar-refractivity contribution in [2.24, 2.45) is 5.10 Å². The van der Waals surface area contributed by atoms with Crippen LogP contribution in [-0.4, -0.2) is 32.3 Å². The number of hydrogen-bond acceptors (Lipinski definition) is 6. The highest BCUT2D eigenvalue weighted by Crippen LogP contribution is 2.31. The van der Waals surface area contributed by atoms with Crippen molar-refractivity contribution in [1.29, 1.82) is 0 Å². The van der Waals surface area contributed by atoms with Crippen LogP contribution in [0, 0.1) is 0 Å². The molecule has 2 aromatic carbocycles. The number of halogens is 2. The summed E-state index contributed by atoms with van der Waals surface area (Å²) >= 11 is 12.1. The highest BCUT2D eigenvalue weighted by molar-refractivity contribution is 6.36. The van der Waals surface area contributed by atoms with Crippen molar-refractivity contribution in [3.05, 3.63) is 76.5 Å². The van der Waals surface area contributed by atoms with E-state index >= 15 is 0 Å². The molecule has 2 aromatic heterocycles. The molecule has 0 unspecified atom stereocenters. The first-order valence-corrected chi connectivity index (χ1v) is 9.54. The number of furan rings is 1. The monoisotopic (exact) mass is 440 g/mol. The van der Waals surface area contributed by atoms with Crippen LogP contribution < -0.4 is 5.43 Å². The molecule has 4 rings (SSSR count). The number of hydrogen-bond donors (Lipinski definition) is 1.